The molecule has 0 aromatic carbocycles. The summed E-state index contributed by atoms with van der Waals surface area (Å²) in [5.41, 5.74) is 6.23. The van der Waals surface area contributed by atoms with Crippen LogP contribution in [-0.2, 0) is 11.2 Å². The molecule has 3 rings (SSSR count). The van der Waals surface area contributed by atoms with Crippen LogP contribution >= 0.6 is 11.3 Å². The first-order chi connectivity index (χ1) is 10.7. The minimum Gasteiger partial charge on any atom is -0.378 e. The van der Waals surface area contributed by atoms with Crippen molar-refractivity contribution < 1.29 is 9.53 Å². The fourth-order valence-corrected chi connectivity index (χ4v) is 4.77. The summed E-state index contributed by atoms with van der Waals surface area (Å²) >= 11 is 1.51. The molecule has 2 aliphatic carbocycles. The molecule has 1 aromatic heterocycles. The second-order valence-electron chi connectivity index (χ2n) is 6.31. The minimum absolute atomic E-state index is 0.0502. The Labute approximate surface area is 135 Å². The van der Waals surface area contributed by atoms with Gasteiger partial charge in [-0.05, 0) is 32.7 Å². The van der Waals surface area contributed by atoms with Crippen LogP contribution in [0, 0.1) is 5.41 Å². The number of hydrogen-bond acceptors (Lipinski definition) is 5. The van der Waals surface area contributed by atoms with Crippen LogP contribution in [0.1, 0.15) is 54.5 Å². The van der Waals surface area contributed by atoms with E-state index in [0.717, 1.165) is 37.3 Å². The number of thiazole rings is 1. The molecule has 2 unspecified atom stereocenters. The van der Waals surface area contributed by atoms with Gasteiger partial charge in [0, 0.05) is 29.9 Å². The summed E-state index contributed by atoms with van der Waals surface area (Å²) in [6.45, 7) is 3.36. The van der Waals surface area contributed by atoms with Crippen molar-refractivity contribution >= 4 is 17.2 Å². The summed E-state index contributed by atoms with van der Waals surface area (Å²) in [6, 6.07) is 0.235. The topological polar surface area (TPSA) is 77.2 Å². The Kier molecular flexibility index (Phi) is 4.80. The Bertz CT molecular complexity index is 525. The fraction of sp³-hybridized carbons (Fsp3) is 0.750. The number of rotatable bonds is 6. The smallest absolute Gasteiger partial charge is 0.270 e. The summed E-state index contributed by atoms with van der Waals surface area (Å²) in [5.74, 6) is -0.0502. The molecule has 0 saturated heterocycles. The van der Waals surface area contributed by atoms with Crippen LogP contribution in [0.4, 0.5) is 0 Å². The van der Waals surface area contributed by atoms with Crippen LogP contribution in [0.5, 0.6) is 0 Å². The molecule has 3 N–H and O–H groups in total. The zero-order valence-corrected chi connectivity index (χ0v) is 14.0. The lowest BCUT2D eigenvalue weighted by molar-refractivity contribution is -0.127. The Morgan fingerprint density at radius 2 is 2.32 bits per heavy atom. The summed E-state index contributed by atoms with van der Waals surface area (Å²) in [5, 5.41) is 5.97. The van der Waals surface area contributed by atoms with E-state index >= 15 is 0 Å². The van der Waals surface area contributed by atoms with Gasteiger partial charge in [0.1, 0.15) is 5.69 Å². The van der Waals surface area contributed by atoms with Gasteiger partial charge in [-0.3, -0.25) is 4.79 Å². The third kappa shape index (κ3) is 2.79. The Hall–Kier alpha value is -0.980. The van der Waals surface area contributed by atoms with Crippen molar-refractivity contribution in [1.29, 1.82) is 0 Å². The molecule has 1 spiro atoms. The van der Waals surface area contributed by atoms with Gasteiger partial charge in [-0.25, -0.2) is 4.98 Å². The van der Waals surface area contributed by atoms with E-state index in [4.69, 9.17) is 10.5 Å². The molecule has 5 nitrogen and oxygen atoms in total. The van der Waals surface area contributed by atoms with E-state index in [9.17, 15) is 4.79 Å². The molecule has 2 saturated carbocycles. The molecule has 1 heterocycles. The molecule has 0 aliphatic heterocycles. The van der Waals surface area contributed by atoms with Gasteiger partial charge in [0.2, 0.25) is 0 Å². The normalized spacial score (nSPS) is 26.1. The maximum atomic E-state index is 12.4. The lowest BCUT2D eigenvalue weighted by atomic mass is 9.60. The maximum absolute atomic E-state index is 12.4. The SMILES string of the molecule is CCOC1CC(NC(=O)c2csc(CCN)n2)C12CCCC2. The van der Waals surface area contributed by atoms with Gasteiger partial charge in [0.05, 0.1) is 11.1 Å². The van der Waals surface area contributed by atoms with Crippen LogP contribution in [0.15, 0.2) is 5.38 Å². The second-order valence-corrected chi connectivity index (χ2v) is 7.25. The van der Waals surface area contributed by atoms with Crippen molar-refractivity contribution in [2.45, 2.75) is 57.6 Å². The van der Waals surface area contributed by atoms with Crippen molar-refractivity contribution in [2.24, 2.45) is 11.1 Å². The number of hydrogen-bond donors (Lipinski definition) is 2. The first-order valence-corrected chi connectivity index (χ1v) is 9.14. The zero-order valence-electron chi connectivity index (χ0n) is 13.1. The van der Waals surface area contributed by atoms with Crippen LogP contribution in [0.3, 0.4) is 0 Å². The highest BCUT2D eigenvalue weighted by atomic mass is 32.1. The number of carbonyl (C=O) groups is 1. The van der Waals surface area contributed by atoms with Gasteiger partial charge in [-0.15, -0.1) is 11.3 Å². The van der Waals surface area contributed by atoms with Gasteiger partial charge in [0.15, 0.2) is 0 Å². The van der Waals surface area contributed by atoms with Gasteiger partial charge in [-0.1, -0.05) is 12.8 Å². The number of ether oxygens (including phenoxy) is 1. The fourth-order valence-electron chi connectivity index (χ4n) is 3.97. The molecular weight excluding hydrogens is 298 g/mol. The number of amides is 1. The van der Waals surface area contributed by atoms with Gasteiger partial charge < -0.3 is 15.8 Å². The molecule has 0 bridgehead atoms. The highest BCUT2D eigenvalue weighted by molar-refractivity contribution is 7.09. The summed E-state index contributed by atoms with van der Waals surface area (Å²) in [4.78, 5) is 16.8. The molecule has 122 valence electrons. The van der Waals surface area contributed by atoms with Crippen molar-refractivity contribution in [3.05, 3.63) is 16.1 Å². The number of nitrogens with zero attached hydrogens (tertiary/aromatic N) is 1. The van der Waals surface area contributed by atoms with Crippen LogP contribution in [0.2, 0.25) is 0 Å². The summed E-state index contributed by atoms with van der Waals surface area (Å²) in [6.07, 6.45) is 6.79. The number of nitrogens with two attached hydrogens (primary N) is 1. The molecule has 1 amide bonds. The van der Waals surface area contributed by atoms with Crippen molar-refractivity contribution in [1.82, 2.24) is 10.3 Å². The van der Waals surface area contributed by atoms with E-state index in [1.165, 1.54) is 24.2 Å². The monoisotopic (exact) mass is 323 g/mol. The lowest BCUT2D eigenvalue weighted by Crippen LogP contribution is -2.63. The Morgan fingerprint density at radius 1 is 1.55 bits per heavy atom. The highest BCUT2D eigenvalue weighted by Crippen LogP contribution is 2.54. The number of carbonyl (C=O) groups excluding carboxylic acids is 1. The van der Waals surface area contributed by atoms with Crippen molar-refractivity contribution in [3.63, 3.8) is 0 Å². The molecule has 2 fully saturated rings. The predicted octanol–water partition coefficient (Wildman–Crippen LogP) is 2.11. The van der Waals surface area contributed by atoms with E-state index in [0.29, 0.717) is 18.3 Å². The molecule has 1 aromatic rings. The predicted molar refractivity (Wildman–Crippen MR) is 87.1 cm³/mol. The average molecular weight is 323 g/mol. The quantitative estimate of drug-likeness (QED) is 0.840. The van der Waals surface area contributed by atoms with Gasteiger partial charge in [0.25, 0.3) is 5.91 Å². The summed E-state index contributed by atoms with van der Waals surface area (Å²) in [7, 11) is 0. The molecule has 2 atom stereocenters. The maximum Gasteiger partial charge on any atom is 0.270 e. The molecule has 2 aliphatic rings. The Morgan fingerprint density at radius 3 is 3.00 bits per heavy atom. The number of aromatic nitrogens is 1. The van der Waals surface area contributed by atoms with E-state index in [2.05, 4.69) is 10.3 Å². The summed E-state index contributed by atoms with van der Waals surface area (Å²) < 4.78 is 5.89. The molecule has 0 radical (unpaired) electrons. The minimum atomic E-state index is -0.0502. The standard InChI is InChI=1S/C16H25N3O2S/c1-2-21-13-9-12(16(13)6-3-4-7-16)19-15(20)11-10-22-14(18-11)5-8-17/h10,12-13H,2-9,17H2,1H3,(H,19,20). The van der Waals surface area contributed by atoms with Crippen molar-refractivity contribution in [3.8, 4) is 0 Å². The first-order valence-electron chi connectivity index (χ1n) is 8.26. The van der Waals surface area contributed by atoms with Crippen LogP contribution in [0.25, 0.3) is 0 Å². The third-order valence-corrected chi connectivity index (χ3v) is 6.04. The van der Waals surface area contributed by atoms with E-state index in [-0.39, 0.29) is 17.4 Å². The molecular formula is C16H25N3O2S. The van der Waals surface area contributed by atoms with Gasteiger partial charge >= 0.3 is 0 Å². The highest BCUT2D eigenvalue weighted by Gasteiger charge is 2.57. The Balaban J connectivity index is 1.63. The second kappa shape index (κ2) is 6.64. The van der Waals surface area contributed by atoms with E-state index in [1.54, 1.807) is 0 Å². The number of nitrogens with one attached hydrogen (secondary N) is 1. The molecule has 22 heavy (non-hydrogen) atoms. The zero-order chi connectivity index (χ0) is 15.6. The lowest BCUT2D eigenvalue weighted by Gasteiger charge is -2.54. The molecule has 6 heteroatoms. The van der Waals surface area contributed by atoms with Gasteiger partial charge in [-0.2, -0.15) is 0 Å². The van der Waals surface area contributed by atoms with Crippen molar-refractivity contribution in [2.75, 3.05) is 13.2 Å². The third-order valence-electron chi connectivity index (χ3n) is 5.14. The largest absolute Gasteiger partial charge is 0.378 e. The van der Waals surface area contributed by atoms with E-state index in [1.807, 2.05) is 12.3 Å². The van der Waals surface area contributed by atoms with E-state index < -0.39 is 0 Å². The van der Waals surface area contributed by atoms with Crippen LogP contribution < -0.4 is 11.1 Å². The van der Waals surface area contributed by atoms with Crippen LogP contribution in [-0.4, -0.2) is 36.2 Å². The average Bonchev–Trinajstić information content (AvgIpc) is 3.17. The first kappa shape index (κ1) is 15.9.